The SMILES string of the molecule is CSc1[c]([RaH])[c]([RaH])c2c([c]1[RaH])[C]([RaH])([RaH])c1[c]([RaH])c(C)[c]([RaH])[c]([RaH])c1-2. The Kier molecular flexibility index (Phi) is 15.0. The van der Waals surface area contributed by atoms with Crippen molar-refractivity contribution in [1.82, 2.24) is 0 Å². The zero-order valence-corrected chi connectivity index (χ0v) is 83.5. The molecular weight excluding hydrogens is 2020 g/mol. The van der Waals surface area contributed by atoms with Crippen molar-refractivity contribution in [3.63, 3.8) is 0 Å². The predicted molar refractivity (Wildman–Crippen MR) is 78.1 cm³/mol. The van der Waals surface area contributed by atoms with E-state index in [1.54, 1.807) is 0 Å². The maximum atomic E-state index is 2.53. The van der Waals surface area contributed by atoms with Crippen molar-refractivity contribution < 1.29 is 342 Å². The minimum atomic E-state index is 0.497. The molecule has 96 valence electrons. The number of thioether (sulfide) groups is 1. The molecule has 0 N–H and O–H groups in total. The first-order valence-electron chi connectivity index (χ1n) is 8.86. The molecule has 0 spiro atoms. The molecule has 0 aliphatic heterocycles. The van der Waals surface area contributed by atoms with Crippen molar-refractivity contribution in [2.24, 2.45) is 0 Å². The van der Waals surface area contributed by atoms with Crippen LogP contribution in [-0.4, -0.2) is 6.26 Å². The Morgan fingerprint density at radius 3 is 1.62 bits per heavy atom. The molecule has 0 saturated heterocycles. The summed E-state index contributed by atoms with van der Waals surface area (Å²) in [6.07, 6.45) is 2.38. The summed E-state index contributed by atoms with van der Waals surface area (Å²) in [6.45, 7) is 2.53. The molecule has 0 saturated carbocycles. The van der Waals surface area contributed by atoms with Gasteiger partial charge in [0, 0.05) is 0 Å². The van der Waals surface area contributed by atoms with Gasteiger partial charge in [-0.1, -0.05) is 0 Å². The van der Waals surface area contributed by atoms with Gasteiger partial charge < -0.3 is 0 Å². The van der Waals surface area contributed by atoms with Gasteiger partial charge in [0.15, 0.2) is 0 Å². The quantitative estimate of drug-likeness (QED) is 0.274. The van der Waals surface area contributed by atoms with Gasteiger partial charge >= 0.3 is 399 Å². The van der Waals surface area contributed by atoms with Crippen LogP contribution in [0.25, 0.3) is 11.1 Å². The van der Waals surface area contributed by atoms with E-state index >= 15 is 0 Å². The van der Waals surface area contributed by atoms with Crippen molar-refractivity contribution >= 4 is 15.4 Å². The van der Waals surface area contributed by atoms with E-state index in [-0.39, 0.29) is 0 Å². The monoisotopic (exact) mass is 2030 g/mol. The predicted octanol–water partition coefficient (Wildman–Crippen LogP) is -3.10. The van der Waals surface area contributed by atoms with Crippen LogP contribution in [0, 0.1) is 349 Å². The zero-order valence-electron chi connectivity index (χ0n) is 16.9. The van der Waals surface area contributed by atoms with E-state index < -0.39 is 0 Å². The van der Waals surface area contributed by atoms with Crippen LogP contribution in [-0.2, 0) is -4.50 Å². The number of hydrogen-bond acceptors (Lipinski definition) is 1. The van der Waals surface area contributed by atoms with Gasteiger partial charge in [0.1, 0.15) is 0 Å². The van der Waals surface area contributed by atoms with Crippen molar-refractivity contribution in [3.8, 4) is 11.1 Å². The summed E-state index contributed by atoms with van der Waals surface area (Å²) >= 11 is 6.37. The third-order valence-corrected chi connectivity index (χ3v) is 83.5. The molecule has 0 heterocycles. The topological polar surface area (TPSA) is 0 Å². The molecule has 0 radical (unpaired) electrons. The number of rotatable bonds is 1. The van der Waals surface area contributed by atoms with E-state index in [2.05, 4.69) is 36.1 Å². The Morgan fingerprint density at radius 1 is 0.667 bits per heavy atom. The van der Waals surface area contributed by atoms with Crippen molar-refractivity contribution in [2.75, 3.05) is 6.26 Å². The first-order valence-corrected chi connectivity index (χ1v) is 43.0. The van der Waals surface area contributed by atoms with Gasteiger partial charge in [0.2, 0.25) is 0 Å². The molecule has 0 amide bonds. The minimum absolute atomic E-state index is 0.497. The van der Waals surface area contributed by atoms with Crippen molar-refractivity contribution in [2.45, 2.75) is 7.32 Å². The third kappa shape index (κ3) is 5.52. The van der Waals surface area contributed by atoms with Crippen molar-refractivity contribution in [1.29, 1.82) is 0 Å². The summed E-state index contributed by atoms with van der Waals surface area (Å²) in [5.74, 6) is 0. The van der Waals surface area contributed by atoms with E-state index in [0.29, 0.717) is 342 Å². The second-order valence-electron chi connectivity index (χ2n) is 8.03. The van der Waals surface area contributed by atoms with Crippen LogP contribution in [0.1, 0.15) is 16.7 Å². The second-order valence-corrected chi connectivity index (χ2v) is 83.7. The summed E-state index contributed by atoms with van der Waals surface area (Å²) in [4.78, 5) is 1.86. The first-order chi connectivity index (χ1) is 11.1. The Labute approximate surface area is 383 Å². The summed E-state index contributed by atoms with van der Waals surface area (Å²) in [5, 5.41) is 0. The first kappa shape index (κ1) is 29.1. The van der Waals surface area contributed by atoms with Crippen LogP contribution >= 0.6 is 11.8 Å². The van der Waals surface area contributed by atoms with Gasteiger partial charge in [-0.05, 0) is 0 Å². The second kappa shape index (κ2) is 12.4. The average Bonchev–Trinajstić information content (AvgIpc) is 2.77. The molecule has 1 aliphatic carbocycles. The molecule has 2 aromatic carbocycles. The Balaban J connectivity index is 2.61. The van der Waals surface area contributed by atoms with E-state index in [9.17, 15) is 0 Å². The molecule has 0 nitrogen and oxygen atoms in total. The molecule has 0 unspecified atom stereocenters. The summed E-state index contributed by atoms with van der Waals surface area (Å²) in [5.41, 5.74) is 9.93. The van der Waals surface area contributed by atoms with Gasteiger partial charge in [-0.15, -0.1) is 0 Å². The van der Waals surface area contributed by atoms with E-state index in [1.165, 1.54) is 0 Å². The van der Waals surface area contributed by atoms with E-state index in [1.807, 2.05) is 25.2 Å². The number of fused-ring (bicyclic) bond motifs is 3. The Morgan fingerprint density at radius 2 is 1.12 bits per heavy atom. The Bertz CT molecular complexity index is 904. The standard InChI is InChI=1S/C15H6S.8Ra.8H/c1-10-3-5-14-11(7-10)8-12-9-13(16-2)4-6-15(12)14;;;;;;;;;;;;;;;;/h1-2H3;;;;;;;;;;;;;;;;. The zero-order chi connectivity index (χ0) is 18.1. The van der Waals surface area contributed by atoms with Gasteiger partial charge in [0.25, 0.3) is 0 Å². The van der Waals surface area contributed by atoms with Gasteiger partial charge in [-0.2, -0.15) is 0 Å². The molecule has 24 heavy (non-hydrogen) atoms. The van der Waals surface area contributed by atoms with Crippen LogP contribution < -0.4 is 3.63 Å². The third-order valence-electron chi connectivity index (χ3n) is 6.64. The fourth-order valence-electron chi connectivity index (χ4n) is 5.06. The van der Waals surface area contributed by atoms with Crippen LogP contribution in [0.4, 0.5) is 0 Å². The van der Waals surface area contributed by atoms with Gasteiger partial charge in [0.05, 0.1) is 0 Å². The average molecular weight is 2030 g/mol. The van der Waals surface area contributed by atoms with Crippen LogP contribution in [0.2, 0.25) is 0 Å². The van der Waals surface area contributed by atoms with Crippen molar-refractivity contribution in [3.05, 3.63) is 16.7 Å². The number of benzene rings is 2. The molecular formula is C15H14Ra8S. The molecule has 0 fully saturated rings. The molecule has 9 heteroatoms. The molecule has 0 atom stereocenters. The molecule has 2 aromatic rings. The summed E-state index contributed by atoms with van der Waals surface area (Å²) < 4.78 is 12.7. The fraction of sp³-hybridized carbons (Fsp3) is 0.200. The molecule has 3 rings (SSSR count). The summed E-state index contributed by atoms with van der Waals surface area (Å²) in [6, 6.07) is 0. The van der Waals surface area contributed by atoms with E-state index in [4.69, 9.17) is 0 Å². The normalized spacial score (nSPS) is 14.1. The maximum absolute atomic E-state index is 2.53. The fourth-order valence-corrected chi connectivity index (χ4v) is 94.7. The molecule has 1 aliphatic rings. The van der Waals surface area contributed by atoms with Crippen LogP contribution in [0.3, 0.4) is 0 Å². The molecule has 0 aromatic heterocycles. The summed E-state index contributed by atoms with van der Waals surface area (Å²) in [7, 11) is 0. The van der Waals surface area contributed by atoms with Crippen LogP contribution in [0.15, 0.2) is 4.90 Å². The van der Waals surface area contributed by atoms with Gasteiger partial charge in [-0.3, -0.25) is 0 Å². The number of hydrogen-bond donors (Lipinski definition) is 0. The Hall–Kier alpha value is 10.5. The van der Waals surface area contributed by atoms with Gasteiger partial charge in [-0.25, -0.2) is 0 Å². The van der Waals surface area contributed by atoms with Crippen LogP contribution in [0.5, 0.6) is 0 Å². The van der Waals surface area contributed by atoms with E-state index in [0.717, 1.165) is -4.50 Å². The molecule has 0 bridgehead atoms.